The van der Waals surface area contributed by atoms with Crippen LogP contribution in [0.3, 0.4) is 0 Å². The molecule has 0 saturated heterocycles. The molecule has 2 rings (SSSR count). The van der Waals surface area contributed by atoms with Crippen molar-refractivity contribution in [2.45, 2.75) is 52.4 Å². The van der Waals surface area contributed by atoms with E-state index in [1.807, 2.05) is 0 Å². The molecule has 0 aliphatic carbocycles. The first-order chi connectivity index (χ1) is 11.7. The molecule has 0 aromatic heterocycles. The van der Waals surface area contributed by atoms with Gasteiger partial charge in [-0.05, 0) is 61.1 Å². The summed E-state index contributed by atoms with van der Waals surface area (Å²) in [5, 5.41) is 0. The highest BCUT2D eigenvalue weighted by molar-refractivity contribution is 6.17. The van der Waals surface area contributed by atoms with E-state index in [2.05, 4.69) is 56.3 Å². The average Bonchev–Trinajstić information content (AvgIpc) is 2.58. The van der Waals surface area contributed by atoms with Crippen molar-refractivity contribution < 1.29 is 4.74 Å². The van der Waals surface area contributed by atoms with Gasteiger partial charge in [-0.3, -0.25) is 0 Å². The van der Waals surface area contributed by atoms with Crippen LogP contribution in [-0.2, 0) is 0 Å². The van der Waals surface area contributed by atoms with Crippen LogP contribution in [0.15, 0.2) is 42.5 Å². The average molecular weight is 345 g/mol. The zero-order valence-electron chi connectivity index (χ0n) is 15.0. The second-order valence-electron chi connectivity index (χ2n) is 6.46. The maximum Gasteiger partial charge on any atom is 0.119 e. The van der Waals surface area contributed by atoms with Crippen molar-refractivity contribution in [1.29, 1.82) is 0 Å². The summed E-state index contributed by atoms with van der Waals surface area (Å²) in [4.78, 5) is 0. The summed E-state index contributed by atoms with van der Waals surface area (Å²) in [5.74, 6) is 1.78. The summed E-state index contributed by atoms with van der Waals surface area (Å²) < 4.78 is 5.97. The summed E-state index contributed by atoms with van der Waals surface area (Å²) in [5.41, 5.74) is 5.15. The third-order valence-electron chi connectivity index (χ3n) is 4.37. The number of hydrogen-bond acceptors (Lipinski definition) is 1. The number of ether oxygens (including phenoxy) is 1. The van der Waals surface area contributed by atoms with Gasteiger partial charge in [-0.15, -0.1) is 11.6 Å². The van der Waals surface area contributed by atoms with E-state index in [-0.39, 0.29) is 0 Å². The number of benzene rings is 2. The van der Waals surface area contributed by atoms with E-state index in [1.54, 1.807) is 0 Å². The second-order valence-corrected chi connectivity index (χ2v) is 6.83. The van der Waals surface area contributed by atoms with Crippen LogP contribution in [0.5, 0.6) is 5.75 Å². The molecule has 2 aromatic carbocycles. The Morgan fingerprint density at radius 2 is 1.38 bits per heavy atom. The van der Waals surface area contributed by atoms with Gasteiger partial charge in [-0.25, -0.2) is 0 Å². The Hall–Kier alpha value is -1.47. The lowest BCUT2D eigenvalue weighted by Crippen LogP contribution is -1.99. The van der Waals surface area contributed by atoms with Crippen molar-refractivity contribution in [2.75, 3.05) is 12.5 Å². The predicted octanol–water partition coefficient (Wildman–Crippen LogP) is 6.93. The van der Waals surface area contributed by atoms with Gasteiger partial charge < -0.3 is 4.74 Å². The quantitative estimate of drug-likeness (QED) is 0.335. The summed E-state index contributed by atoms with van der Waals surface area (Å²) in [7, 11) is 0. The Bertz CT molecular complexity index is 584. The molecule has 0 bridgehead atoms. The number of unbranched alkanes of at least 4 members (excludes halogenated alkanes) is 5. The molecular formula is C22H29ClO. The Morgan fingerprint density at radius 3 is 2.00 bits per heavy atom. The summed E-state index contributed by atoms with van der Waals surface area (Å²) in [6, 6.07) is 14.9. The molecule has 24 heavy (non-hydrogen) atoms. The molecule has 0 heterocycles. The maximum atomic E-state index is 5.97. The molecule has 1 nitrogen and oxygen atoms in total. The van der Waals surface area contributed by atoms with Crippen LogP contribution in [0.2, 0.25) is 0 Å². The fourth-order valence-electron chi connectivity index (χ4n) is 3.16. The molecule has 0 fully saturated rings. The first-order valence-electron chi connectivity index (χ1n) is 9.08. The van der Waals surface area contributed by atoms with E-state index in [9.17, 15) is 0 Å². The Labute approximate surface area is 152 Å². The molecule has 130 valence electrons. The lowest BCUT2D eigenvalue weighted by Gasteiger charge is -2.14. The third-order valence-corrected chi connectivity index (χ3v) is 4.63. The molecule has 0 aliphatic rings. The first-order valence-corrected chi connectivity index (χ1v) is 9.61. The largest absolute Gasteiger partial charge is 0.494 e. The van der Waals surface area contributed by atoms with E-state index in [1.165, 1.54) is 47.9 Å². The third kappa shape index (κ3) is 5.87. The Balaban J connectivity index is 1.83. The SMILES string of the molecule is Cc1cc(OCCCCCCCCCl)cc(C)c1-c1ccccc1. The van der Waals surface area contributed by atoms with Gasteiger partial charge in [0, 0.05) is 5.88 Å². The number of rotatable bonds is 10. The van der Waals surface area contributed by atoms with Gasteiger partial charge in [0.1, 0.15) is 5.75 Å². The van der Waals surface area contributed by atoms with E-state index in [4.69, 9.17) is 16.3 Å². The Kier molecular flexibility index (Phi) is 8.18. The van der Waals surface area contributed by atoms with Crippen LogP contribution in [0.4, 0.5) is 0 Å². The Morgan fingerprint density at radius 1 is 0.792 bits per heavy atom. The van der Waals surface area contributed by atoms with Crippen molar-refractivity contribution in [2.24, 2.45) is 0 Å². The van der Waals surface area contributed by atoms with Gasteiger partial charge in [-0.2, -0.15) is 0 Å². The van der Waals surface area contributed by atoms with Crippen LogP contribution in [0.1, 0.15) is 49.7 Å². The number of halogens is 1. The molecule has 2 aromatic rings. The monoisotopic (exact) mass is 344 g/mol. The van der Waals surface area contributed by atoms with Gasteiger partial charge in [0.05, 0.1) is 6.61 Å². The van der Waals surface area contributed by atoms with E-state index < -0.39 is 0 Å². The first kappa shape index (κ1) is 18.9. The molecule has 0 radical (unpaired) electrons. The van der Waals surface area contributed by atoms with Crippen molar-refractivity contribution >= 4 is 11.6 Å². The highest BCUT2D eigenvalue weighted by Crippen LogP contribution is 2.30. The van der Waals surface area contributed by atoms with Gasteiger partial charge in [0.2, 0.25) is 0 Å². The standard InChI is InChI=1S/C22H29ClO/c1-18-16-21(24-15-11-6-4-3-5-10-14-23)17-19(2)22(18)20-12-8-7-9-13-20/h7-9,12-13,16-17H,3-6,10-11,14-15H2,1-2H3. The molecule has 0 atom stereocenters. The summed E-state index contributed by atoms with van der Waals surface area (Å²) in [6.07, 6.45) is 7.33. The second kappa shape index (κ2) is 10.4. The zero-order chi connectivity index (χ0) is 17.2. The minimum absolute atomic E-state index is 0.792. The molecule has 0 amide bonds. The van der Waals surface area contributed by atoms with Crippen LogP contribution < -0.4 is 4.74 Å². The minimum atomic E-state index is 0.792. The van der Waals surface area contributed by atoms with E-state index in [0.717, 1.165) is 31.1 Å². The zero-order valence-corrected chi connectivity index (χ0v) is 15.7. The molecule has 0 spiro atoms. The minimum Gasteiger partial charge on any atom is -0.494 e. The van der Waals surface area contributed by atoms with Crippen LogP contribution >= 0.6 is 11.6 Å². The lowest BCUT2D eigenvalue weighted by molar-refractivity contribution is 0.304. The fraction of sp³-hybridized carbons (Fsp3) is 0.455. The predicted molar refractivity (Wildman–Crippen MR) is 105 cm³/mol. The van der Waals surface area contributed by atoms with E-state index >= 15 is 0 Å². The van der Waals surface area contributed by atoms with Gasteiger partial charge in [0.15, 0.2) is 0 Å². The molecule has 0 unspecified atom stereocenters. The highest BCUT2D eigenvalue weighted by Gasteiger charge is 2.08. The number of alkyl halides is 1. The highest BCUT2D eigenvalue weighted by atomic mass is 35.5. The van der Waals surface area contributed by atoms with E-state index in [0.29, 0.717) is 0 Å². The maximum absolute atomic E-state index is 5.97. The van der Waals surface area contributed by atoms with Crippen molar-refractivity contribution in [1.82, 2.24) is 0 Å². The van der Waals surface area contributed by atoms with Crippen LogP contribution in [-0.4, -0.2) is 12.5 Å². The van der Waals surface area contributed by atoms with Crippen molar-refractivity contribution in [3.05, 3.63) is 53.6 Å². The molecule has 0 N–H and O–H groups in total. The van der Waals surface area contributed by atoms with Crippen LogP contribution in [0, 0.1) is 13.8 Å². The van der Waals surface area contributed by atoms with Gasteiger partial charge >= 0.3 is 0 Å². The smallest absolute Gasteiger partial charge is 0.119 e. The molecule has 0 saturated carbocycles. The topological polar surface area (TPSA) is 9.23 Å². The number of aryl methyl sites for hydroxylation is 2. The van der Waals surface area contributed by atoms with Crippen molar-refractivity contribution in [3.63, 3.8) is 0 Å². The summed E-state index contributed by atoms with van der Waals surface area (Å²) in [6.45, 7) is 5.14. The number of hydrogen-bond donors (Lipinski definition) is 0. The summed E-state index contributed by atoms with van der Waals surface area (Å²) >= 11 is 5.69. The molecule has 0 aliphatic heterocycles. The fourth-order valence-corrected chi connectivity index (χ4v) is 3.35. The van der Waals surface area contributed by atoms with Crippen molar-refractivity contribution in [3.8, 4) is 16.9 Å². The lowest BCUT2D eigenvalue weighted by atomic mass is 9.95. The molecule has 2 heteroatoms. The molecular weight excluding hydrogens is 316 g/mol. The van der Waals surface area contributed by atoms with Gasteiger partial charge in [0.25, 0.3) is 0 Å². The van der Waals surface area contributed by atoms with Crippen LogP contribution in [0.25, 0.3) is 11.1 Å². The normalized spacial score (nSPS) is 10.8. The van der Waals surface area contributed by atoms with Gasteiger partial charge in [-0.1, -0.05) is 56.0 Å².